The molecule has 0 spiro atoms. The van der Waals surface area contributed by atoms with Crippen LogP contribution in [0.3, 0.4) is 0 Å². The molecule has 84 valence electrons. The van der Waals surface area contributed by atoms with Gasteiger partial charge in [0.25, 0.3) is 0 Å². The highest BCUT2D eigenvalue weighted by atomic mass is 32.2. The molecule has 1 fully saturated rings. The molecule has 1 unspecified atom stereocenters. The van der Waals surface area contributed by atoms with Crippen LogP contribution in [0.25, 0.3) is 0 Å². The number of rotatable bonds is 7. The molecule has 1 rings (SSSR count). The van der Waals surface area contributed by atoms with Crippen molar-refractivity contribution < 1.29 is 0 Å². The van der Waals surface area contributed by atoms with Gasteiger partial charge in [-0.1, -0.05) is 6.92 Å². The van der Waals surface area contributed by atoms with Crippen molar-refractivity contribution in [2.75, 3.05) is 44.7 Å². The molecule has 0 bridgehead atoms. The fourth-order valence-corrected chi connectivity index (χ4v) is 2.34. The summed E-state index contributed by atoms with van der Waals surface area (Å²) in [4.78, 5) is 2.60. The maximum absolute atomic E-state index is 3.51. The van der Waals surface area contributed by atoms with Crippen LogP contribution in [0, 0.1) is 5.92 Å². The molecule has 1 saturated heterocycles. The molecule has 1 aliphatic heterocycles. The van der Waals surface area contributed by atoms with Crippen molar-refractivity contribution in [2.45, 2.75) is 19.8 Å². The topological polar surface area (TPSA) is 15.3 Å². The number of nitrogens with one attached hydrogen (secondary N) is 1. The summed E-state index contributed by atoms with van der Waals surface area (Å²) in [5.74, 6) is 2.03. The van der Waals surface area contributed by atoms with Crippen molar-refractivity contribution in [3.8, 4) is 0 Å². The Morgan fingerprint density at radius 1 is 1.36 bits per heavy atom. The van der Waals surface area contributed by atoms with Crippen molar-refractivity contribution in [2.24, 2.45) is 5.92 Å². The highest BCUT2D eigenvalue weighted by molar-refractivity contribution is 7.98. The number of likely N-dealkylation sites (tertiary alicyclic amines) is 1. The minimum Gasteiger partial charge on any atom is -0.316 e. The predicted octanol–water partition coefficient (Wildman–Crippen LogP) is 1.67. The lowest BCUT2D eigenvalue weighted by Crippen LogP contribution is -2.32. The lowest BCUT2D eigenvalue weighted by atomic mass is 10.1. The van der Waals surface area contributed by atoms with Crippen molar-refractivity contribution >= 4 is 11.8 Å². The molecule has 1 atom stereocenters. The molecule has 0 aromatic heterocycles. The van der Waals surface area contributed by atoms with Gasteiger partial charge < -0.3 is 10.2 Å². The number of hydrogen-bond donors (Lipinski definition) is 1. The lowest BCUT2D eigenvalue weighted by Gasteiger charge is -2.20. The van der Waals surface area contributed by atoms with Crippen LogP contribution in [0.1, 0.15) is 19.8 Å². The van der Waals surface area contributed by atoms with E-state index in [-0.39, 0.29) is 0 Å². The fourth-order valence-electron chi connectivity index (χ4n) is 1.99. The van der Waals surface area contributed by atoms with E-state index in [1.807, 2.05) is 11.8 Å². The van der Waals surface area contributed by atoms with Gasteiger partial charge in [0.2, 0.25) is 0 Å². The summed E-state index contributed by atoms with van der Waals surface area (Å²) >= 11 is 1.91. The maximum Gasteiger partial charge on any atom is 0.00553 e. The quantitative estimate of drug-likeness (QED) is 0.652. The van der Waals surface area contributed by atoms with Gasteiger partial charge in [-0.15, -0.1) is 0 Å². The van der Waals surface area contributed by atoms with Crippen LogP contribution >= 0.6 is 11.8 Å². The van der Waals surface area contributed by atoms with Crippen LogP contribution in [0.15, 0.2) is 0 Å². The summed E-state index contributed by atoms with van der Waals surface area (Å²) < 4.78 is 0. The zero-order valence-electron chi connectivity index (χ0n) is 9.59. The smallest absolute Gasteiger partial charge is 0.00553 e. The first kappa shape index (κ1) is 12.3. The van der Waals surface area contributed by atoms with Gasteiger partial charge in [0.15, 0.2) is 0 Å². The molecule has 2 nitrogen and oxygen atoms in total. The Bertz CT molecular complexity index is 135. The Hall–Kier alpha value is 0.270. The van der Waals surface area contributed by atoms with Crippen LogP contribution in [-0.2, 0) is 0 Å². The Kier molecular flexibility index (Phi) is 6.65. The molecule has 0 aromatic carbocycles. The van der Waals surface area contributed by atoms with Crippen LogP contribution in [0.5, 0.6) is 0 Å². The van der Waals surface area contributed by atoms with E-state index in [0.717, 1.165) is 12.5 Å². The van der Waals surface area contributed by atoms with E-state index in [1.54, 1.807) is 0 Å². The molecule has 0 aromatic rings. The van der Waals surface area contributed by atoms with Crippen molar-refractivity contribution in [1.82, 2.24) is 10.2 Å². The second-order valence-electron chi connectivity index (χ2n) is 4.31. The van der Waals surface area contributed by atoms with E-state index in [2.05, 4.69) is 23.4 Å². The minimum absolute atomic E-state index is 0.801. The lowest BCUT2D eigenvalue weighted by molar-refractivity contribution is 0.284. The van der Waals surface area contributed by atoms with Gasteiger partial charge in [0.1, 0.15) is 0 Å². The summed E-state index contributed by atoms with van der Waals surface area (Å²) in [7, 11) is 0. The van der Waals surface area contributed by atoms with Gasteiger partial charge in [-0.05, 0) is 44.6 Å². The zero-order chi connectivity index (χ0) is 10.2. The molecular formula is C11H24N2S. The minimum atomic E-state index is 0.801. The standard InChI is InChI=1S/C11H24N2S/c1-11(9-12-5-8-14-2)10-13-6-3-4-7-13/h11-12H,3-10H2,1-2H3. The fraction of sp³-hybridized carbons (Fsp3) is 1.00. The molecule has 3 heteroatoms. The van der Waals surface area contributed by atoms with Crippen LogP contribution in [-0.4, -0.2) is 49.6 Å². The summed E-state index contributed by atoms with van der Waals surface area (Å²) in [6, 6.07) is 0. The Morgan fingerprint density at radius 3 is 2.71 bits per heavy atom. The van der Waals surface area contributed by atoms with Crippen molar-refractivity contribution in [3.05, 3.63) is 0 Å². The Morgan fingerprint density at radius 2 is 2.07 bits per heavy atom. The van der Waals surface area contributed by atoms with Crippen molar-refractivity contribution in [3.63, 3.8) is 0 Å². The molecule has 1 aliphatic rings. The summed E-state index contributed by atoms with van der Waals surface area (Å²) in [6.07, 6.45) is 4.98. The average Bonchev–Trinajstić information content (AvgIpc) is 2.65. The van der Waals surface area contributed by atoms with Gasteiger partial charge in [0, 0.05) is 18.8 Å². The van der Waals surface area contributed by atoms with Crippen molar-refractivity contribution in [1.29, 1.82) is 0 Å². The predicted molar refractivity (Wildman–Crippen MR) is 66.1 cm³/mol. The van der Waals surface area contributed by atoms with Crippen LogP contribution in [0.4, 0.5) is 0 Å². The molecule has 1 heterocycles. The van der Waals surface area contributed by atoms with Gasteiger partial charge in [0.05, 0.1) is 0 Å². The summed E-state index contributed by atoms with van der Waals surface area (Å²) in [5, 5.41) is 3.51. The second-order valence-corrected chi connectivity index (χ2v) is 5.30. The molecule has 0 saturated carbocycles. The van der Waals surface area contributed by atoms with Gasteiger partial charge >= 0.3 is 0 Å². The Labute approximate surface area is 92.8 Å². The van der Waals surface area contributed by atoms with Gasteiger partial charge in [-0.25, -0.2) is 0 Å². The van der Waals surface area contributed by atoms with E-state index < -0.39 is 0 Å². The molecule has 0 aliphatic carbocycles. The van der Waals surface area contributed by atoms with E-state index in [9.17, 15) is 0 Å². The van der Waals surface area contributed by atoms with Gasteiger partial charge in [-0.3, -0.25) is 0 Å². The van der Waals surface area contributed by atoms with E-state index in [1.165, 1.54) is 44.8 Å². The summed E-state index contributed by atoms with van der Waals surface area (Å²) in [6.45, 7) is 8.63. The molecule has 0 amide bonds. The first-order valence-electron chi connectivity index (χ1n) is 5.75. The highest BCUT2D eigenvalue weighted by Gasteiger charge is 2.13. The maximum atomic E-state index is 3.51. The second kappa shape index (κ2) is 7.55. The van der Waals surface area contributed by atoms with Gasteiger partial charge in [-0.2, -0.15) is 11.8 Å². The monoisotopic (exact) mass is 216 g/mol. The third-order valence-electron chi connectivity index (χ3n) is 2.74. The molecule has 0 radical (unpaired) electrons. The zero-order valence-corrected chi connectivity index (χ0v) is 10.4. The van der Waals surface area contributed by atoms with Crippen LogP contribution in [0.2, 0.25) is 0 Å². The van der Waals surface area contributed by atoms with Crippen LogP contribution < -0.4 is 5.32 Å². The normalized spacial score (nSPS) is 20.1. The Balaban J connectivity index is 1.95. The first-order valence-corrected chi connectivity index (χ1v) is 7.14. The average molecular weight is 216 g/mol. The van der Waals surface area contributed by atoms with E-state index in [0.29, 0.717) is 0 Å². The van der Waals surface area contributed by atoms with E-state index >= 15 is 0 Å². The molecular weight excluding hydrogens is 192 g/mol. The SMILES string of the molecule is CSCCNCC(C)CN1CCCC1. The number of hydrogen-bond acceptors (Lipinski definition) is 3. The summed E-state index contributed by atoms with van der Waals surface area (Å²) in [5.41, 5.74) is 0. The molecule has 1 N–H and O–H groups in total. The largest absolute Gasteiger partial charge is 0.316 e. The van der Waals surface area contributed by atoms with E-state index in [4.69, 9.17) is 0 Å². The molecule has 14 heavy (non-hydrogen) atoms. The first-order chi connectivity index (χ1) is 6.83. The third-order valence-corrected chi connectivity index (χ3v) is 3.36. The number of thioether (sulfide) groups is 1. The third kappa shape index (κ3) is 5.23. The number of nitrogens with zero attached hydrogens (tertiary/aromatic N) is 1. The highest BCUT2D eigenvalue weighted by Crippen LogP contribution is 2.09.